The molecule has 0 radical (unpaired) electrons. The van der Waals surface area contributed by atoms with Crippen LogP contribution in [-0.4, -0.2) is 166 Å². The van der Waals surface area contributed by atoms with Crippen molar-refractivity contribution in [2.24, 2.45) is 11.8 Å². The van der Waals surface area contributed by atoms with E-state index in [2.05, 4.69) is 58.6 Å². The lowest BCUT2D eigenvalue weighted by molar-refractivity contribution is -0.174. The van der Waals surface area contributed by atoms with Gasteiger partial charge in [0.15, 0.2) is 28.9 Å². The van der Waals surface area contributed by atoms with E-state index in [1.807, 2.05) is 24.3 Å². The minimum Gasteiger partial charge on any atom is -0.400 e. The highest BCUT2D eigenvalue weighted by Gasteiger charge is 2.47. The highest BCUT2D eigenvalue weighted by molar-refractivity contribution is 6.15. The maximum atomic E-state index is 13.3. The van der Waals surface area contributed by atoms with Crippen LogP contribution in [0.2, 0.25) is 0 Å². The molecule has 4 amide bonds. The van der Waals surface area contributed by atoms with Gasteiger partial charge in [-0.2, -0.15) is 0 Å². The predicted molar refractivity (Wildman–Crippen MR) is 295 cm³/mol. The molecule has 0 saturated carbocycles. The van der Waals surface area contributed by atoms with Gasteiger partial charge in [0, 0.05) is 94.2 Å². The molecule has 4 aromatic carbocycles. The van der Waals surface area contributed by atoms with Crippen molar-refractivity contribution in [3.05, 3.63) is 142 Å². The average molecular weight is 1070 g/mol. The van der Waals surface area contributed by atoms with Crippen molar-refractivity contribution in [1.82, 2.24) is 20.4 Å². The molecule has 0 bridgehead atoms. The second-order valence-electron chi connectivity index (χ2n) is 19.1. The van der Waals surface area contributed by atoms with Crippen molar-refractivity contribution in [2.45, 2.75) is 76.2 Å². The standard InChI is InChI=1S/C32H38N2O6.C27H30N2O5.2CH4O/c1-32(31(37)33-2,28(35)22-40-29-6-4-5-19-39-29)34(3)30(36)27-17-15-25(16-18-27)12-11-23-7-9-24(10-8-23)13-14-26-20-38-21-26;1-27(24(31)16-30,26(33)28-2)29(3)25(32)23-14-12-21(13-15-23)9-8-19-4-6-20(7-5-19)10-11-22-17-34-18-22;2*1-2/h7-10,15-18,26,29H,4-6,13-14,19-22H2,1-3H3,(H,33,37);4-7,12-15,22,30H,10-11,16-18H2,1-3H3,(H,28,33);2*2H,1H3/t29?,32-;27-;;/m11../s1. The lowest BCUT2D eigenvalue weighted by Gasteiger charge is -2.36. The quantitative estimate of drug-likeness (QED) is 0.0690. The zero-order valence-electron chi connectivity index (χ0n) is 46.2. The van der Waals surface area contributed by atoms with Gasteiger partial charge in [0.05, 0.1) is 26.4 Å². The summed E-state index contributed by atoms with van der Waals surface area (Å²) >= 11 is 0. The Bertz CT molecular complexity index is 2690. The first kappa shape index (κ1) is 63.5. The van der Waals surface area contributed by atoms with Crippen molar-refractivity contribution in [2.75, 3.05) is 88.7 Å². The Balaban J connectivity index is 0.000000320. The van der Waals surface area contributed by atoms with Crippen molar-refractivity contribution >= 4 is 35.2 Å². The average Bonchev–Trinajstić information content (AvgIpc) is 3.47. The Hall–Kier alpha value is -7.06. The molecule has 7 rings (SSSR count). The van der Waals surface area contributed by atoms with Crippen LogP contribution in [0.3, 0.4) is 0 Å². The molecule has 3 atom stereocenters. The molecule has 3 saturated heterocycles. The van der Waals surface area contributed by atoms with Crippen molar-refractivity contribution in [3.8, 4) is 23.7 Å². The molecule has 1 unspecified atom stereocenters. The minimum atomic E-state index is -1.82. The number of aliphatic hydroxyl groups excluding tert-OH is 3. The monoisotopic (exact) mass is 1070 g/mol. The van der Waals surface area contributed by atoms with Crippen LogP contribution in [0.25, 0.3) is 0 Å². The van der Waals surface area contributed by atoms with Gasteiger partial charge in [-0.15, -0.1) is 0 Å². The number of aryl methyl sites for hydroxylation is 2. The maximum Gasteiger partial charge on any atom is 0.254 e. The number of hydrogen-bond acceptors (Lipinski definition) is 13. The first-order valence-electron chi connectivity index (χ1n) is 26.0. The number of nitrogens with zero attached hydrogens (tertiary/aromatic N) is 2. The lowest BCUT2D eigenvalue weighted by Crippen LogP contribution is -2.62. The summed E-state index contributed by atoms with van der Waals surface area (Å²) in [5.74, 6) is 10.3. The molecular weight excluding hydrogens is 997 g/mol. The molecule has 3 aliphatic heterocycles. The smallest absolute Gasteiger partial charge is 0.254 e. The molecule has 3 heterocycles. The summed E-state index contributed by atoms with van der Waals surface area (Å²) in [5.41, 5.74) is 2.94. The van der Waals surface area contributed by atoms with Gasteiger partial charge in [0.25, 0.3) is 23.6 Å². The van der Waals surface area contributed by atoms with E-state index in [1.54, 1.807) is 48.5 Å². The number of aliphatic hydroxyl groups is 3. The van der Waals surface area contributed by atoms with E-state index in [0.29, 0.717) is 36.0 Å². The molecule has 0 aliphatic carbocycles. The van der Waals surface area contributed by atoms with E-state index < -0.39 is 59.2 Å². The lowest BCUT2D eigenvalue weighted by atomic mass is 9.92. The Morgan fingerprint density at radius 2 is 0.936 bits per heavy atom. The number of amides is 4. The van der Waals surface area contributed by atoms with Gasteiger partial charge in [-0.1, -0.05) is 47.9 Å². The van der Waals surface area contributed by atoms with E-state index in [-0.39, 0.29) is 6.61 Å². The van der Waals surface area contributed by atoms with Gasteiger partial charge in [-0.3, -0.25) is 28.8 Å². The SMILES string of the molecule is CNC(=O)[C@@](C)(C(=O)CO)N(C)C(=O)c1ccc(C#Cc2ccc(CCC3COC3)cc2)cc1.CNC(=O)[C@@](C)(C(=O)COC1CCCCO1)N(C)C(=O)c1ccc(C#Cc2ccc(CCC3COC3)cc2)cc1.CO.CO. The Morgan fingerprint density at radius 1 is 0.577 bits per heavy atom. The number of ether oxygens (including phenoxy) is 4. The molecule has 5 N–H and O–H groups in total. The van der Waals surface area contributed by atoms with Gasteiger partial charge >= 0.3 is 0 Å². The first-order valence-corrected chi connectivity index (χ1v) is 26.0. The third kappa shape index (κ3) is 17.2. The van der Waals surface area contributed by atoms with Gasteiger partial charge in [-0.25, -0.2) is 0 Å². The number of carbonyl (C=O) groups is 6. The van der Waals surface area contributed by atoms with E-state index in [4.69, 9.17) is 29.2 Å². The van der Waals surface area contributed by atoms with E-state index >= 15 is 0 Å². The molecular formula is C61H76N4O13. The summed E-state index contributed by atoms with van der Waals surface area (Å²) in [4.78, 5) is 79.1. The van der Waals surface area contributed by atoms with Crippen LogP contribution >= 0.6 is 0 Å². The summed E-state index contributed by atoms with van der Waals surface area (Å²) in [6.45, 7) is 5.63. The van der Waals surface area contributed by atoms with Gasteiger partial charge in [0.2, 0.25) is 0 Å². The fourth-order valence-corrected chi connectivity index (χ4v) is 8.35. The van der Waals surface area contributed by atoms with Gasteiger partial charge < -0.3 is 54.7 Å². The molecule has 0 aromatic heterocycles. The number of carbonyl (C=O) groups excluding carboxylic acids is 6. The number of nitrogens with one attached hydrogen (secondary N) is 2. The number of likely N-dealkylation sites (N-methyl/N-ethyl adjacent to an activating group) is 4. The van der Waals surface area contributed by atoms with Crippen LogP contribution in [0.5, 0.6) is 0 Å². The third-order valence-electron chi connectivity index (χ3n) is 14.0. The van der Waals surface area contributed by atoms with E-state index in [0.717, 1.165) is 106 Å². The van der Waals surface area contributed by atoms with Crippen LogP contribution in [-0.2, 0) is 51.0 Å². The van der Waals surface area contributed by atoms with Crippen LogP contribution < -0.4 is 10.6 Å². The van der Waals surface area contributed by atoms with Crippen molar-refractivity contribution < 1.29 is 63.0 Å². The van der Waals surface area contributed by atoms with Crippen LogP contribution in [0.1, 0.15) is 100 Å². The minimum absolute atomic E-state index is 0.301. The summed E-state index contributed by atoms with van der Waals surface area (Å²) in [6, 6.07) is 29.9. The highest BCUT2D eigenvalue weighted by atomic mass is 16.7. The molecule has 78 heavy (non-hydrogen) atoms. The number of Topliss-reactive ketones (excluding diaryl/α,β-unsaturated/α-hetero) is 2. The molecule has 0 spiro atoms. The van der Waals surface area contributed by atoms with Gasteiger partial charge in [-0.05, 0) is 143 Å². The molecule has 4 aromatic rings. The normalized spacial score (nSPS) is 16.0. The summed E-state index contributed by atoms with van der Waals surface area (Å²) in [6.07, 6.45) is 6.48. The second kappa shape index (κ2) is 32.0. The number of benzene rings is 4. The summed E-state index contributed by atoms with van der Waals surface area (Å²) < 4.78 is 21.6. The van der Waals surface area contributed by atoms with E-state index in [9.17, 15) is 33.9 Å². The molecule has 17 nitrogen and oxygen atoms in total. The summed E-state index contributed by atoms with van der Waals surface area (Å²) in [5, 5.41) is 28.2. The van der Waals surface area contributed by atoms with Crippen LogP contribution in [0.4, 0.5) is 0 Å². The zero-order chi connectivity index (χ0) is 57.3. The van der Waals surface area contributed by atoms with Crippen LogP contribution in [0.15, 0.2) is 97.1 Å². The van der Waals surface area contributed by atoms with E-state index in [1.165, 1.54) is 58.1 Å². The first-order chi connectivity index (χ1) is 37.6. The van der Waals surface area contributed by atoms with Gasteiger partial charge in [0.1, 0.15) is 13.2 Å². The molecule has 418 valence electrons. The number of hydrogen-bond donors (Lipinski definition) is 5. The summed E-state index contributed by atoms with van der Waals surface area (Å²) in [7, 11) is 7.62. The van der Waals surface area contributed by atoms with Crippen molar-refractivity contribution in [1.29, 1.82) is 0 Å². The second-order valence-corrected chi connectivity index (χ2v) is 19.1. The largest absolute Gasteiger partial charge is 0.400 e. The van der Waals surface area contributed by atoms with Crippen LogP contribution in [0, 0.1) is 35.5 Å². The fourth-order valence-electron chi connectivity index (χ4n) is 8.35. The fraction of sp³-hybridized carbons (Fsp3) is 0.443. The Morgan fingerprint density at radius 3 is 1.24 bits per heavy atom. The predicted octanol–water partition coefficient (Wildman–Crippen LogP) is 4.37. The number of ketones is 2. The molecule has 3 aliphatic rings. The highest BCUT2D eigenvalue weighted by Crippen LogP contribution is 2.24. The van der Waals surface area contributed by atoms with Crippen molar-refractivity contribution in [3.63, 3.8) is 0 Å². The number of rotatable bonds is 18. The maximum absolute atomic E-state index is 13.3. The third-order valence-corrected chi connectivity index (χ3v) is 14.0. The zero-order valence-corrected chi connectivity index (χ0v) is 46.2. The topological polar surface area (TPSA) is 231 Å². The molecule has 17 heteroatoms. The molecule has 3 fully saturated rings. The Kier molecular flexibility index (Phi) is 26.0. The Labute approximate surface area is 459 Å².